The van der Waals surface area contributed by atoms with Crippen LogP contribution in [0.4, 0.5) is 17.6 Å². The van der Waals surface area contributed by atoms with E-state index in [1.54, 1.807) is 0 Å². The fourth-order valence-corrected chi connectivity index (χ4v) is 2.51. The van der Waals surface area contributed by atoms with Crippen molar-refractivity contribution in [1.29, 1.82) is 0 Å². The first kappa shape index (κ1) is 19.3. The Kier molecular flexibility index (Phi) is 5.04. The molecule has 1 aromatic heterocycles. The molecule has 0 unspecified atom stereocenters. The highest BCUT2D eigenvalue weighted by Gasteiger charge is 2.33. The van der Waals surface area contributed by atoms with Crippen LogP contribution in [0.15, 0.2) is 47.3 Å². The Morgan fingerprint density at radius 2 is 1.86 bits per heavy atom. The van der Waals surface area contributed by atoms with Crippen molar-refractivity contribution in [2.24, 2.45) is 0 Å². The molecule has 0 saturated carbocycles. The standard InChI is InChI=1S/C18H13F4N3O3/c1-10-23-16-13(3-2-4-14(16)18(20,21)22)17(27)25(10)24-15(26)9-28-12-7-5-11(19)6-8-12/h2-8H,9H2,1H3,(H,24,26). The number of nitrogens with zero attached hydrogens (tertiary/aromatic N) is 2. The number of aromatic nitrogens is 2. The lowest BCUT2D eigenvalue weighted by atomic mass is 10.1. The molecule has 0 spiro atoms. The van der Waals surface area contributed by atoms with E-state index in [0.717, 1.165) is 28.9 Å². The summed E-state index contributed by atoms with van der Waals surface area (Å²) in [6.07, 6.45) is -4.68. The van der Waals surface area contributed by atoms with Crippen molar-refractivity contribution < 1.29 is 27.1 Å². The lowest BCUT2D eigenvalue weighted by Gasteiger charge is -2.14. The summed E-state index contributed by atoms with van der Waals surface area (Å²) in [6.45, 7) is 0.785. The van der Waals surface area contributed by atoms with Gasteiger partial charge in [-0.2, -0.15) is 13.2 Å². The Morgan fingerprint density at radius 1 is 1.18 bits per heavy atom. The molecule has 0 bridgehead atoms. The fraction of sp³-hybridized carbons (Fsp3) is 0.167. The van der Waals surface area contributed by atoms with E-state index < -0.39 is 41.1 Å². The van der Waals surface area contributed by atoms with Crippen LogP contribution in [0.25, 0.3) is 10.9 Å². The van der Waals surface area contributed by atoms with Crippen LogP contribution in [-0.4, -0.2) is 22.2 Å². The Labute approximate surface area is 155 Å². The topological polar surface area (TPSA) is 73.2 Å². The molecule has 2 aromatic carbocycles. The normalized spacial score (nSPS) is 11.5. The molecule has 3 aromatic rings. The SMILES string of the molecule is Cc1nc2c(C(F)(F)F)cccc2c(=O)n1NC(=O)COc1ccc(F)cc1. The highest BCUT2D eigenvalue weighted by atomic mass is 19.4. The number of amides is 1. The number of hydrogen-bond acceptors (Lipinski definition) is 4. The van der Waals surface area contributed by atoms with Crippen LogP contribution in [0.1, 0.15) is 11.4 Å². The number of fused-ring (bicyclic) bond motifs is 1. The molecular weight excluding hydrogens is 382 g/mol. The number of halogens is 4. The summed E-state index contributed by atoms with van der Waals surface area (Å²) >= 11 is 0. The van der Waals surface area contributed by atoms with E-state index in [-0.39, 0.29) is 17.0 Å². The molecule has 3 rings (SSSR count). The van der Waals surface area contributed by atoms with Crippen LogP contribution < -0.4 is 15.7 Å². The van der Waals surface area contributed by atoms with E-state index in [1.807, 2.05) is 0 Å². The molecule has 146 valence electrons. The monoisotopic (exact) mass is 395 g/mol. The predicted octanol–water partition coefficient (Wildman–Crippen LogP) is 3.01. The number of aryl methyl sites for hydroxylation is 1. The van der Waals surface area contributed by atoms with Gasteiger partial charge in [-0.1, -0.05) is 6.07 Å². The molecule has 6 nitrogen and oxygen atoms in total. The van der Waals surface area contributed by atoms with Gasteiger partial charge in [0, 0.05) is 0 Å². The van der Waals surface area contributed by atoms with Crippen molar-refractivity contribution in [1.82, 2.24) is 9.66 Å². The van der Waals surface area contributed by atoms with Crippen LogP contribution in [0.3, 0.4) is 0 Å². The summed E-state index contributed by atoms with van der Waals surface area (Å²) in [7, 11) is 0. The molecule has 0 aliphatic heterocycles. The minimum absolute atomic E-state index is 0.135. The number of nitrogens with one attached hydrogen (secondary N) is 1. The second-order valence-electron chi connectivity index (χ2n) is 5.78. The smallest absolute Gasteiger partial charge is 0.418 e. The van der Waals surface area contributed by atoms with Crippen LogP contribution in [-0.2, 0) is 11.0 Å². The average molecular weight is 395 g/mol. The summed E-state index contributed by atoms with van der Waals surface area (Å²) in [5, 5.41) is -0.292. The van der Waals surface area contributed by atoms with Crippen LogP contribution in [0, 0.1) is 12.7 Å². The fourth-order valence-electron chi connectivity index (χ4n) is 2.51. The second-order valence-corrected chi connectivity index (χ2v) is 5.78. The van der Waals surface area contributed by atoms with E-state index >= 15 is 0 Å². The van der Waals surface area contributed by atoms with Crippen molar-refractivity contribution in [3.63, 3.8) is 0 Å². The number of carbonyl (C=O) groups is 1. The van der Waals surface area contributed by atoms with Gasteiger partial charge in [0.15, 0.2) is 6.61 Å². The van der Waals surface area contributed by atoms with E-state index in [2.05, 4.69) is 10.4 Å². The van der Waals surface area contributed by atoms with Crippen molar-refractivity contribution in [3.05, 3.63) is 70.0 Å². The summed E-state index contributed by atoms with van der Waals surface area (Å²) in [6, 6.07) is 8.03. The van der Waals surface area contributed by atoms with Gasteiger partial charge in [0.25, 0.3) is 11.5 Å². The number of para-hydroxylation sites is 1. The summed E-state index contributed by atoms with van der Waals surface area (Å²) in [5.41, 5.74) is -0.158. The molecule has 10 heteroatoms. The summed E-state index contributed by atoms with van der Waals surface area (Å²) < 4.78 is 58.1. The first-order valence-corrected chi connectivity index (χ1v) is 7.94. The average Bonchev–Trinajstić information content (AvgIpc) is 2.63. The van der Waals surface area contributed by atoms with Gasteiger partial charge < -0.3 is 4.74 Å². The third-order valence-electron chi connectivity index (χ3n) is 3.79. The predicted molar refractivity (Wildman–Crippen MR) is 92.0 cm³/mol. The number of ether oxygens (including phenoxy) is 1. The van der Waals surface area contributed by atoms with Gasteiger partial charge in [0.2, 0.25) is 0 Å². The Morgan fingerprint density at radius 3 is 2.50 bits per heavy atom. The van der Waals surface area contributed by atoms with Gasteiger partial charge in [0.05, 0.1) is 16.5 Å². The van der Waals surface area contributed by atoms with Gasteiger partial charge in [0.1, 0.15) is 17.4 Å². The van der Waals surface area contributed by atoms with E-state index in [0.29, 0.717) is 0 Å². The molecule has 0 saturated heterocycles. The van der Waals surface area contributed by atoms with Gasteiger partial charge in [-0.25, -0.2) is 14.1 Å². The first-order chi connectivity index (χ1) is 13.2. The molecule has 0 radical (unpaired) electrons. The van der Waals surface area contributed by atoms with Crippen molar-refractivity contribution in [2.75, 3.05) is 12.0 Å². The van der Waals surface area contributed by atoms with E-state index in [4.69, 9.17) is 4.74 Å². The lowest BCUT2D eigenvalue weighted by molar-refractivity contribution is -0.136. The Bertz CT molecular complexity index is 1090. The zero-order valence-electron chi connectivity index (χ0n) is 14.4. The van der Waals surface area contributed by atoms with E-state index in [9.17, 15) is 27.2 Å². The summed E-state index contributed by atoms with van der Waals surface area (Å²) in [4.78, 5) is 28.4. The van der Waals surface area contributed by atoms with Crippen LogP contribution in [0.5, 0.6) is 5.75 Å². The maximum absolute atomic E-state index is 13.1. The van der Waals surface area contributed by atoms with Crippen molar-refractivity contribution >= 4 is 16.8 Å². The number of rotatable bonds is 4. The highest BCUT2D eigenvalue weighted by Crippen LogP contribution is 2.32. The molecule has 1 N–H and O–H groups in total. The quantitative estimate of drug-likeness (QED) is 0.690. The molecule has 1 heterocycles. The highest BCUT2D eigenvalue weighted by molar-refractivity contribution is 5.86. The molecule has 1 amide bonds. The molecule has 0 atom stereocenters. The largest absolute Gasteiger partial charge is 0.484 e. The molecular formula is C18H13F4N3O3. The maximum atomic E-state index is 13.1. The zero-order valence-corrected chi connectivity index (χ0v) is 14.4. The Hall–Kier alpha value is -3.43. The maximum Gasteiger partial charge on any atom is 0.418 e. The molecule has 28 heavy (non-hydrogen) atoms. The number of hydrogen-bond donors (Lipinski definition) is 1. The minimum atomic E-state index is -4.68. The Balaban J connectivity index is 1.86. The first-order valence-electron chi connectivity index (χ1n) is 7.94. The number of benzene rings is 2. The second kappa shape index (κ2) is 7.29. The van der Waals surface area contributed by atoms with Crippen LogP contribution >= 0.6 is 0 Å². The molecule has 0 fully saturated rings. The van der Waals surface area contributed by atoms with E-state index in [1.165, 1.54) is 25.1 Å². The van der Waals surface area contributed by atoms with Crippen molar-refractivity contribution in [3.8, 4) is 5.75 Å². The summed E-state index contributed by atoms with van der Waals surface area (Å²) in [5.74, 6) is -1.13. The number of carbonyl (C=O) groups excluding carboxylic acids is 1. The molecule has 0 aliphatic carbocycles. The van der Waals surface area contributed by atoms with Gasteiger partial charge in [-0.05, 0) is 43.3 Å². The lowest BCUT2D eigenvalue weighted by Crippen LogP contribution is -2.37. The third-order valence-corrected chi connectivity index (χ3v) is 3.79. The van der Waals surface area contributed by atoms with Crippen LogP contribution in [0.2, 0.25) is 0 Å². The third kappa shape index (κ3) is 3.95. The zero-order chi connectivity index (χ0) is 20.5. The number of alkyl halides is 3. The molecule has 0 aliphatic rings. The van der Waals surface area contributed by atoms with Gasteiger partial charge in [-0.15, -0.1) is 0 Å². The van der Waals surface area contributed by atoms with Crippen molar-refractivity contribution in [2.45, 2.75) is 13.1 Å². The minimum Gasteiger partial charge on any atom is -0.484 e. The van der Waals surface area contributed by atoms with Gasteiger partial charge >= 0.3 is 6.18 Å². The van der Waals surface area contributed by atoms with Gasteiger partial charge in [-0.3, -0.25) is 15.0 Å².